The lowest BCUT2D eigenvalue weighted by Gasteiger charge is -1.86. The Kier molecular flexibility index (Phi) is 2.34. The fraction of sp³-hybridized carbons (Fsp3) is 0.0909. The molecule has 0 fully saturated rings. The first-order valence-corrected chi connectivity index (χ1v) is 6.55. The van der Waals surface area contributed by atoms with E-state index in [9.17, 15) is 0 Å². The van der Waals surface area contributed by atoms with Gasteiger partial charge in [0.1, 0.15) is 0 Å². The number of hydrogen-bond acceptors (Lipinski definition) is 4. The molecule has 0 aromatic carbocycles. The molecular formula is C11H9N3S2. The summed E-state index contributed by atoms with van der Waals surface area (Å²) in [6, 6.07) is 8.19. The monoisotopic (exact) mass is 247 g/mol. The first kappa shape index (κ1) is 9.74. The Morgan fingerprint density at radius 1 is 1.19 bits per heavy atom. The fourth-order valence-electron chi connectivity index (χ4n) is 1.45. The molecule has 0 bridgehead atoms. The number of H-pyrrole nitrogens is 1. The molecule has 16 heavy (non-hydrogen) atoms. The molecule has 0 radical (unpaired) electrons. The van der Waals surface area contributed by atoms with Crippen molar-refractivity contribution in [1.29, 1.82) is 0 Å². The van der Waals surface area contributed by atoms with Crippen molar-refractivity contribution in [3.63, 3.8) is 0 Å². The van der Waals surface area contributed by atoms with E-state index in [0.717, 1.165) is 21.4 Å². The number of aromatic nitrogens is 3. The molecule has 0 aliphatic carbocycles. The van der Waals surface area contributed by atoms with Crippen LogP contribution in [-0.2, 0) is 0 Å². The largest absolute Gasteiger partial charge is 0.258 e. The Labute approximate surface area is 101 Å². The van der Waals surface area contributed by atoms with Gasteiger partial charge in [-0.1, -0.05) is 6.07 Å². The molecule has 0 aliphatic heterocycles. The summed E-state index contributed by atoms with van der Waals surface area (Å²) in [4.78, 5) is 7.99. The van der Waals surface area contributed by atoms with Gasteiger partial charge in [0, 0.05) is 4.88 Å². The Hall–Kier alpha value is -1.46. The summed E-state index contributed by atoms with van der Waals surface area (Å²) in [6.07, 6.45) is 0. The lowest BCUT2D eigenvalue weighted by atomic mass is 10.4. The maximum Gasteiger partial charge on any atom is 0.191 e. The summed E-state index contributed by atoms with van der Waals surface area (Å²) in [5.41, 5.74) is 0. The van der Waals surface area contributed by atoms with Crippen molar-refractivity contribution < 1.29 is 0 Å². The van der Waals surface area contributed by atoms with Crippen molar-refractivity contribution in [1.82, 2.24) is 15.2 Å². The average Bonchev–Trinajstić information content (AvgIpc) is 2.97. The predicted molar refractivity (Wildman–Crippen MR) is 67.7 cm³/mol. The number of aryl methyl sites for hydroxylation is 1. The van der Waals surface area contributed by atoms with E-state index >= 15 is 0 Å². The minimum atomic E-state index is 0.779. The van der Waals surface area contributed by atoms with Crippen molar-refractivity contribution in [3.8, 4) is 21.4 Å². The Bertz CT molecular complexity index is 592. The summed E-state index contributed by atoms with van der Waals surface area (Å²) in [7, 11) is 0. The number of nitrogens with one attached hydrogen (secondary N) is 1. The normalized spacial score (nSPS) is 10.8. The van der Waals surface area contributed by atoms with Crippen LogP contribution in [0.1, 0.15) is 4.88 Å². The highest BCUT2D eigenvalue weighted by molar-refractivity contribution is 7.15. The second-order valence-corrected chi connectivity index (χ2v) is 5.63. The molecule has 3 heterocycles. The molecule has 1 N–H and O–H groups in total. The minimum absolute atomic E-state index is 0.779. The van der Waals surface area contributed by atoms with Gasteiger partial charge in [-0.25, -0.2) is 4.98 Å². The molecule has 0 unspecified atom stereocenters. The summed E-state index contributed by atoms with van der Waals surface area (Å²) >= 11 is 3.37. The molecule has 0 atom stereocenters. The Morgan fingerprint density at radius 2 is 2.12 bits per heavy atom. The molecule has 3 rings (SSSR count). The van der Waals surface area contributed by atoms with Gasteiger partial charge in [-0.2, -0.15) is 5.10 Å². The first-order chi connectivity index (χ1) is 7.83. The Balaban J connectivity index is 2.00. The van der Waals surface area contributed by atoms with E-state index in [1.54, 1.807) is 22.7 Å². The standard InChI is InChI=1S/C11H9N3S2/c1-7-4-5-9(16-7)11-12-10(13-14-11)8-3-2-6-15-8/h2-6H,1H3,(H,12,13,14). The number of hydrogen-bond donors (Lipinski definition) is 1. The maximum absolute atomic E-state index is 4.49. The van der Waals surface area contributed by atoms with E-state index in [1.807, 2.05) is 17.5 Å². The fourth-order valence-corrected chi connectivity index (χ4v) is 2.92. The summed E-state index contributed by atoms with van der Waals surface area (Å²) in [5, 5.41) is 9.24. The zero-order valence-electron chi connectivity index (χ0n) is 8.60. The third kappa shape index (κ3) is 1.68. The molecular weight excluding hydrogens is 238 g/mol. The zero-order valence-corrected chi connectivity index (χ0v) is 10.2. The maximum atomic E-state index is 4.49. The summed E-state index contributed by atoms with van der Waals surface area (Å²) in [5.74, 6) is 1.62. The van der Waals surface area contributed by atoms with Gasteiger partial charge in [0.2, 0.25) is 0 Å². The summed E-state index contributed by atoms with van der Waals surface area (Å²) in [6.45, 7) is 2.08. The second kappa shape index (κ2) is 3.84. The number of thiophene rings is 2. The predicted octanol–water partition coefficient (Wildman–Crippen LogP) is 3.57. The van der Waals surface area contributed by atoms with Gasteiger partial charge in [0.15, 0.2) is 11.6 Å². The van der Waals surface area contributed by atoms with Gasteiger partial charge in [0.05, 0.1) is 9.75 Å². The highest BCUT2D eigenvalue weighted by Crippen LogP contribution is 2.27. The molecule has 3 aromatic rings. The minimum Gasteiger partial charge on any atom is -0.258 e. The molecule has 0 amide bonds. The van der Waals surface area contributed by atoms with Crippen molar-refractivity contribution in [2.45, 2.75) is 6.92 Å². The lowest BCUT2D eigenvalue weighted by molar-refractivity contribution is 1.11. The number of aromatic amines is 1. The quantitative estimate of drug-likeness (QED) is 0.752. The van der Waals surface area contributed by atoms with Crippen LogP contribution in [-0.4, -0.2) is 15.2 Å². The van der Waals surface area contributed by atoms with Crippen molar-refractivity contribution in [2.75, 3.05) is 0 Å². The average molecular weight is 247 g/mol. The van der Waals surface area contributed by atoms with Crippen molar-refractivity contribution in [3.05, 3.63) is 34.5 Å². The Morgan fingerprint density at radius 3 is 2.81 bits per heavy atom. The lowest BCUT2D eigenvalue weighted by Crippen LogP contribution is -1.74. The van der Waals surface area contributed by atoms with Crippen LogP contribution in [0.5, 0.6) is 0 Å². The van der Waals surface area contributed by atoms with E-state index < -0.39 is 0 Å². The van der Waals surface area contributed by atoms with Crippen LogP contribution in [0.15, 0.2) is 29.6 Å². The smallest absolute Gasteiger partial charge is 0.191 e. The SMILES string of the molecule is Cc1ccc(-c2n[nH]c(-c3cccs3)n2)s1. The highest BCUT2D eigenvalue weighted by atomic mass is 32.1. The van der Waals surface area contributed by atoms with E-state index in [2.05, 4.69) is 34.2 Å². The van der Waals surface area contributed by atoms with Crippen LogP contribution in [0.3, 0.4) is 0 Å². The van der Waals surface area contributed by atoms with Crippen LogP contribution in [0.4, 0.5) is 0 Å². The van der Waals surface area contributed by atoms with Gasteiger partial charge in [-0.3, -0.25) is 5.10 Å². The number of nitrogens with zero attached hydrogens (tertiary/aromatic N) is 2. The van der Waals surface area contributed by atoms with Crippen LogP contribution < -0.4 is 0 Å². The first-order valence-electron chi connectivity index (χ1n) is 4.86. The highest BCUT2D eigenvalue weighted by Gasteiger charge is 2.09. The van der Waals surface area contributed by atoms with Crippen molar-refractivity contribution in [2.24, 2.45) is 0 Å². The second-order valence-electron chi connectivity index (χ2n) is 3.40. The van der Waals surface area contributed by atoms with Crippen LogP contribution in [0.25, 0.3) is 21.4 Å². The van der Waals surface area contributed by atoms with Crippen molar-refractivity contribution >= 4 is 22.7 Å². The molecule has 3 nitrogen and oxygen atoms in total. The third-order valence-electron chi connectivity index (χ3n) is 2.20. The molecule has 0 aliphatic rings. The van der Waals surface area contributed by atoms with Gasteiger partial charge >= 0.3 is 0 Å². The van der Waals surface area contributed by atoms with Crippen LogP contribution in [0.2, 0.25) is 0 Å². The molecule has 0 spiro atoms. The summed E-state index contributed by atoms with van der Waals surface area (Å²) < 4.78 is 0. The molecule has 5 heteroatoms. The van der Waals surface area contributed by atoms with E-state index in [0.29, 0.717) is 0 Å². The van der Waals surface area contributed by atoms with E-state index in [-0.39, 0.29) is 0 Å². The topological polar surface area (TPSA) is 41.6 Å². The van der Waals surface area contributed by atoms with E-state index in [1.165, 1.54) is 4.88 Å². The van der Waals surface area contributed by atoms with Gasteiger partial charge < -0.3 is 0 Å². The van der Waals surface area contributed by atoms with Gasteiger partial charge in [-0.15, -0.1) is 22.7 Å². The molecule has 0 saturated carbocycles. The molecule has 3 aromatic heterocycles. The van der Waals surface area contributed by atoms with Crippen LogP contribution in [0, 0.1) is 6.92 Å². The number of rotatable bonds is 2. The third-order valence-corrected chi connectivity index (χ3v) is 4.07. The van der Waals surface area contributed by atoms with Gasteiger partial charge in [-0.05, 0) is 30.5 Å². The molecule has 80 valence electrons. The van der Waals surface area contributed by atoms with Crippen LogP contribution >= 0.6 is 22.7 Å². The molecule has 0 saturated heterocycles. The van der Waals surface area contributed by atoms with Gasteiger partial charge in [0.25, 0.3) is 0 Å². The van der Waals surface area contributed by atoms with E-state index in [4.69, 9.17) is 0 Å². The zero-order chi connectivity index (χ0) is 11.0.